The Morgan fingerprint density at radius 2 is 1.97 bits per heavy atom. The fourth-order valence-electron chi connectivity index (χ4n) is 6.36. The second kappa shape index (κ2) is 9.02. The predicted molar refractivity (Wildman–Crippen MR) is 120 cm³/mol. The predicted octanol–water partition coefficient (Wildman–Crippen LogP) is 4.18. The molecule has 1 N–H and O–H groups in total. The standard InChI is InChI=1S/C25H35NO3S/c1-2-3-4-6-12-21-16-15-20-11-9-10-17-25(20)18-24(23(19-27)26(21)25)30(28,29)22-13-7-5-8-14-22/h5,7-8,13-14,20-21,23-24,27H,2-4,9-11,15-19H2,1H3/t20-,21+,23-,24+,25-/m0/s1. The van der Waals surface area contributed by atoms with Gasteiger partial charge in [-0.3, -0.25) is 4.90 Å². The Balaban J connectivity index is 1.73. The normalized spacial score (nSPS) is 33.9. The van der Waals surface area contributed by atoms with Crippen LogP contribution in [0.5, 0.6) is 0 Å². The van der Waals surface area contributed by atoms with Gasteiger partial charge in [-0.15, -0.1) is 5.92 Å². The van der Waals surface area contributed by atoms with Crippen LogP contribution in [0.1, 0.15) is 71.1 Å². The first-order chi connectivity index (χ1) is 14.5. The number of hydrogen-bond donors (Lipinski definition) is 1. The quantitative estimate of drug-likeness (QED) is 0.563. The number of sulfone groups is 1. The van der Waals surface area contributed by atoms with E-state index in [1.807, 2.05) is 6.07 Å². The van der Waals surface area contributed by atoms with Crippen LogP contribution < -0.4 is 0 Å². The van der Waals surface area contributed by atoms with Crippen molar-refractivity contribution in [2.24, 2.45) is 5.92 Å². The van der Waals surface area contributed by atoms with Crippen molar-refractivity contribution < 1.29 is 13.5 Å². The van der Waals surface area contributed by atoms with Gasteiger partial charge in [-0.2, -0.15) is 0 Å². The molecule has 4 nitrogen and oxygen atoms in total. The average molecular weight is 430 g/mol. The molecule has 1 aromatic carbocycles. The molecule has 2 heterocycles. The lowest BCUT2D eigenvalue weighted by molar-refractivity contribution is -0.0512. The minimum atomic E-state index is -3.52. The van der Waals surface area contributed by atoms with E-state index in [4.69, 9.17) is 0 Å². The highest BCUT2D eigenvalue weighted by molar-refractivity contribution is 7.92. The van der Waals surface area contributed by atoms with E-state index >= 15 is 0 Å². The van der Waals surface area contributed by atoms with Crippen molar-refractivity contribution >= 4 is 9.84 Å². The van der Waals surface area contributed by atoms with Gasteiger partial charge in [-0.05, 0) is 56.6 Å². The van der Waals surface area contributed by atoms with E-state index in [1.165, 1.54) is 12.8 Å². The van der Waals surface area contributed by atoms with Gasteiger partial charge in [0.25, 0.3) is 0 Å². The summed E-state index contributed by atoms with van der Waals surface area (Å²) in [5.41, 5.74) is -0.124. The first-order valence-corrected chi connectivity index (χ1v) is 13.3. The fraction of sp³-hybridized carbons (Fsp3) is 0.680. The monoisotopic (exact) mass is 429 g/mol. The van der Waals surface area contributed by atoms with Crippen LogP contribution in [-0.2, 0) is 9.84 Å². The molecular formula is C25H35NO3S. The smallest absolute Gasteiger partial charge is 0.182 e. The molecule has 2 aliphatic heterocycles. The molecular weight excluding hydrogens is 394 g/mol. The van der Waals surface area contributed by atoms with Crippen molar-refractivity contribution in [3.8, 4) is 11.8 Å². The summed E-state index contributed by atoms with van der Waals surface area (Å²) in [6.07, 6.45) is 10.4. The Hall–Kier alpha value is -1.35. The first kappa shape index (κ1) is 21.9. The van der Waals surface area contributed by atoms with E-state index < -0.39 is 15.1 Å². The van der Waals surface area contributed by atoms with Gasteiger partial charge >= 0.3 is 0 Å². The van der Waals surface area contributed by atoms with E-state index in [-0.39, 0.29) is 24.2 Å². The molecule has 164 valence electrons. The van der Waals surface area contributed by atoms with Gasteiger partial charge in [0.05, 0.1) is 28.8 Å². The molecule has 0 unspecified atom stereocenters. The van der Waals surface area contributed by atoms with Crippen LogP contribution in [0, 0.1) is 17.8 Å². The Morgan fingerprint density at radius 3 is 2.70 bits per heavy atom. The van der Waals surface area contributed by atoms with Gasteiger partial charge in [0.15, 0.2) is 9.84 Å². The van der Waals surface area contributed by atoms with E-state index in [9.17, 15) is 13.5 Å². The molecule has 0 amide bonds. The van der Waals surface area contributed by atoms with Gasteiger partial charge in [0, 0.05) is 12.0 Å². The number of aliphatic hydroxyl groups is 1. The number of hydrogen-bond acceptors (Lipinski definition) is 4. The Labute approximate surface area is 182 Å². The van der Waals surface area contributed by atoms with E-state index in [1.54, 1.807) is 24.3 Å². The summed E-state index contributed by atoms with van der Waals surface area (Å²) >= 11 is 0. The molecule has 3 fully saturated rings. The zero-order chi connectivity index (χ0) is 21.2. The van der Waals surface area contributed by atoms with Crippen molar-refractivity contribution in [3.63, 3.8) is 0 Å². The van der Waals surface area contributed by atoms with Crippen LogP contribution in [0.4, 0.5) is 0 Å². The van der Waals surface area contributed by atoms with Crippen molar-refractivity contribution in [2.45, 2.75) is 98.9 Å². The maximum atomic E-state index is 13.7. The lowest BCUT2D eigenvalue weighted by Gasteiger charge is -2.54. The van der Waals surface area contributed by atoms with Crippen LogP contribution >= 0.6 is 0 Å². The molecule has 0 bridgehead atoms. The highest BCUT2D eigenvalue weighted by atomic mass is 32.2. The van der Waals surface area contributed by atoms with Crippen LogP contribution in [-0.4, -0.2) is 47.9 Å². The van der Waals surface area contributed by atoms with E-state index in [0.29, 0.717) is 17.2 Å². The summed E-state index contributed by atoms with van der Waals surface area (Å²) in [5, 5.41) is 9.88. The number of unbranched alkanes of at least 4 members (excludes halogenated alkanes) is 2. The summed E-state index contributed by atoms with van der Waals surface area (Å²) in [5.74, 6) is 7.39. The SMILES string of the molecule is CCCCC#C[C@@H]1CC[C@@H]2CCCC[C@]23C[C@@H](S(=O)(=O)c2ccccc2)[C@H](CO)N13. The average Bonchev–Trinajstić information content (AvgIpc) is 3.12. The van der Waals surface area contributed by atoms with Crippen LogP contribution in [0.15, 0.2) is 35.2 Å². The molecule has 1 saturated carbocycles. The fourth-order valence-corrected chi connectivity index (χ4v) is 8.38. The summed E-state index contributed by atoms with van der Waals surface area (Å²) in [6.45, 7) is 2.05. The zero-order valence-electron chi connectivity index (χ0n) is 18.1. The molecule has 30 heavy (non-hydrogen) atoms. The van der Waals surface area contributed by atoms with Gasteiger partial charge < -0.3 is 5.11 Å². The van der Waals surface area contributed by atoms with Crippen molar-refractivity contribution in [1.82, 2.24) is 4.90 Å². The van der Waals surface area contributed by atoms with Gasteiger partial charge in [-0.1, -0.05) is 50.3 Å². The van der Waals surface area contributed by atoms with Crippen LogP contribution in [0.2, 0.25) is 0 Å². The summed E-state index contributed by atoms with van der Waals surface area (Å²) in [6, 6.07) is 8.49. The number of rotatable bonds is 5. The second-order valence-electron chi connectivity index (χ2n) is 9.32. The van der Waals surface area contributed by atoms with Gasteiger partial charge in [-0.25, -0.2) is 8.42 Å². The number of benzene rings is 1. The number of nitrogens with zero attached hydrogens (tertiary/aromatic N) is 1. The topological polar surface area (TPSA) is 57.6 Å². The number of piperidine rings is 1. The largest absolute Gasteiger partial charge is 0.395 e. The molecule has 1 aliphatic carbocycles. The highest BCUT2D eigenvalue weighted by Crippen LogP contribution is 2.55. The zero-order valence-corrected chi connectivity index (χ0v) is 18.9. The summed E-state index contributed by atoms with van der Waals surface area (Å²) in [7, 11) is -3.52. The highest BCUT2D eigenvalue weighted by Gasteiger charge is 2.62. The Bertz CT molecular complexity index is 888. The molecule has 5 atom stereocenters. The molecule has 5 heteroatoms. The third kappa shape index (κ3) is 3.72. The Kier molecular flexibility index (Phi) is 6.58. The molecule has 2 saturated heterocycles. The lowest BCUT2D eigenvalue weighted by Crippen LogP contribution is -2.61. The van der Waals surface area contributed by atoms with Gasteiger partial charge in [0.1, 0.15) is 0 Å². The second-order valence-corrected chi connectivity index (χ2v) is 11.5. The van der Waals surface area contributed by atoms with E-state index in [2.05, 4.69) is 23.7 Å². The summed E-state index contributed by atoms with van der Waals surface area (Å²) < 4.78 is 27.3. The van der Waals surface area contributed by atoms with Crippen LogP contribution in [0.25, 0.3) is 0 Å². The molecule has 1 spiro atoms. The van der Waals surface area contributed by atoms with Crippen molar-refractivity contribution in [2.75, 3.05) is 6.61 Å². The molecule has 0 radical (unpaired) electrons. The maximum Gasteiger partial charge on any atom is 0.182 e. The van der Waals surface area contributed by atoms with Gasteiger partial charge in [0.2, 0.25) is 0 Å². The van der Waals surface area contributed by atoms with E-state index in [0.717, 1.165) is 44.9 Å². The third-order valence-corrected chi connectivity index (χ3v) is 9.94. The van der Waals surface area contributed by atoms with Crippen molar-refractivity contribution in [3.05, 3.63) is 30.3 Å². The third-order valence-electron chi connectivity index (χ3n) is 7.73. The molecule has 1 aromatic rings. The Morgan fingerprint density at radius 1 is 1.17 bits per heavy atom. The molecule has 3 aliphatic rings. The number of aliphatic hydroxyl groups excluding tert-OH is 1. The molecule has 0 aromatic heterocycles. The van der Waals surface area contributed by atoms with Crippen molar-refractivity contribution in [1.29, 1.82) is 0 Å². The minimum absolute atomic E-state index is 0.0596. The lowest BCUT2D eigenvalue weighted by atomic mass is 9.66. The summed E-state index contributed by atoms with van der Waals surface area (Å²) in [4.78, 5) is 2.77. The maximum absolute atomic E-state index is 13.7. The van der Waals surface area contributed by atoms with Crippen LogP contribution in [0.3, 0.4) is 0 Å². The first-order valence-electron chi connectivity index (χ1n) is 11.7. The minimum Gasteiger partial charge on any atom is -0.395 e. The molecule has 4 rings (SSSR count).